The van der Waals surface area contributed by atoms with Crippen molar-refractivity contribution in [2.24, 2.45) is 5.73 Å². The first-order valence-electron chi connectivity index (χ1n) is 6.12. The van der Waals surface area contributed by atoms with Crippen LogP contribution in [0.15, 0.2) is 46.9 Å². The number of hydrogen-bond acceptors (Lipinski definition) is 2. The molecule has 2 rings (SSSR count). The maximum Gasteiger partial charge on any atom is 0.252 e. The molecule has 2 aromatic carbocycles. The molecule has 5 heteroatoms. The maximum atomic E-state index is 12.2. The first kappa shape index (κ1) is 15.0. The Morgan fingerprint density at radius 1 is 1.20 bits per heavy atom. The van der Waals surface area contributed by atoms with E-state index < -0.39 is 0 Å². The number of benzene rings is 2. The van der Waals surface area contributed by atoms with Gasteiger partial charge in [-0.15, -0.1) is 0 Å². The van der Waals surface area contributed by atoms with E-state index in [1.165, 1.54) is 0 Å². The van der Waals surface area contributed by atoms with Crippen molar-refractivity contribution < 1.29 is 4.79 Å². The zero-order valence-electron chi connectivity index (χ0n) is 10.7. The third kappa shape index (κ3) is 3.60. The minimum absolute atomic E-state index is 0.175. The van der Waals surface area contributed by atoms with Crippen molar-refractivity contribution in [3.63, 3.8) is 0 Å². The number of halogens is 2. The highest BCUT2D eigenvalue weighted by Gasteiger charge is 2.11. The summed E-state index contributed by atoms with van der Waals surface area (Å²) < 4.78 is 0.714. The molecular formula is C15H14BrClN2O. The Kier molecular flexibility index (Phi) is 5.17. The van der Waals surface area contributed by atoms with E-state index in [1.807, 2.05) is 24.3 Å². The Morgan fingerprint density at radius 2 is 1.90 bits per heavy atom. The number of carbonyl (C=O) groups is 1. The van der Waals surface area contributed by atoms with Gasteiger partial charge >= 0.3 is 0 Å². The van der Waals surface area contributed by atoms with Crippen LogP contribution in [0.1, 0.15) is 21.5 Å². The van der Waals surface area contributed by atoms with Crippen LogP contribution in [0, 0.1) is 0 Å². The predicted octanol–water partition coefficient (Wildman–Crippen LogP) is 3.49. The Bertz CT molecular complexity index is 631. The normalized spacial score (nSPS) is 10.3. The predicted molar refractivity (Wildman–Crippen MR) is 84.7 cm³/mol. The fourth-order valence-electron chi connectivity index (χ4n) is 1.87. The molecule has 0 saturated heterocycles. The Balaban J connectivity index is 2.11. The summed E-state index contributed by atoms with van der Waals surface area (Å²) in [6.07, 6.45) is 0. The van der Waals surface area contributed by atoms with Crippen LogP contribution in [0.5, 0.6) is 0 Å². The lowest BCUT2D eigenvalue weighted by molar-refractivity contribution is 0.0950. The van der Waals surface area contributed by atoms with Gasteiger partial charge in [-0.3, -0.25) is 4.79 Å². The Labute approximate surface area is 131 Å². The van der Waals surface area contributed by atoms with Gasteiger partial charge in [0.25, 0.3) is 5.91 Å². The molecule has 3 nitrogen and oxygen atoms in total. The van der Waals surface area contributed by atoms with Gasteiger partial charge in [0.05, 0.1) is 5.56 Å². The monoisotopic (exact) mass is 352 g/mol. The number of carbonyl (C=O) groups excluding carboxylic acids is 1. The number of hydrogen-bond donors (Lipinski definition) is 2. The number of rotatable bonds is 4. The summed E-state index contributed by atoms with van der Waals surface area (Å²) in [6.45, 7) is 0.887. The molecule has 0 aromatic heterocycles. The van der Waals surface area contributed by atoms with Crippen LogP contribution in [0.25, 0.3) is 0 Å². The standard InChI is InChI=1S/C15H14BrClN2O/c16-14-6-5-12(17)7-13(14)15(20)19-9-11-4-2-1-3-10(11)8-18/h1-7H,8-9,18H2,(H,19,20). The molecular weight excluding hydrogens is 340 g/mol. The lowest BCUT2D eigenvalue weighted by atomic mass is 10.1. The molecule has 0 fully saturated rings. The largest absolute Gasteiger partial charge is 0.348 e. The number of nitrogens with two attached hydrogens (primary N) is 1. The Hall–Kier alpha value is -1.36. The molecule has 0 saturated carbocycles. The molecule has 1 amide bonds. The average Bonchev–Trinajstić information content (AvgIpc) is 2.47. The molecule has 2 aromatic rings. The van der Waals surface area contributed by atoms with Crippen molar-refractivity contribution in [3.05, 3.63) is 68.7 Å². The van der Waals surface area contributed by atoms with Crippen LogP contribution in [-0.2, 0) is 13.1 Å². The lowest BCUT2D eigenvalue weighted by Crippen LogP contribution is -2.24. The third-order valence-corrected chi connectivity index (χ3v) is 3.88. The van der Waals surface area contributed by atoms with E-state index >= 15 is 0 Å². The van der Waals surface area contributed by atoms with Gasteiger partial charge in [-0.1, -0.05) is 35.9 Å². The third-order valence-electron chi connectivity index (χ3n) is 2.95. The van der Waals surface area contributed by atoms with Crippen LogP contribution < -0.4 is 11.1 Å². The zero-order chi connectivity index (χ0) is 14.5. The summed E-state index contributed by atoms with van der Waals surface area (Å²) >= 11 is 9.25. The van der Waals surface area contributed by atoms with E-state index in [4.69, 9.17) is 17.3 Å². The maximum absolute atomic E-state index is 12.2. The molecule has 0 aliphatic rings. The smallest absolute Gasteiger partial charge is 0.252 e. The summed E-state index contributed by atoms with van der Waals surface area (Å²) in [5.74, 6) is -0.175. The quantitative estimate of drug-likeness (QED) is 0.884. The highest BCUT2D eigenvalue weighted by Crippen LogP contribution is 2.21. The molecule has 0 aliphatic heterocycles. The van der Waals surface area contributed by atoms with Gasteiger partial charge < -0.3 is 11.1 Å². The SMILES string of the molecule is NCc1ccccc1CNC(=O)c1cc(Cl)ccc1Br. The van der Waals surface area contributed by atoms with Crippen LogP contribution in [0.3, 0.4) is 0 Å². The van der Waals surface area contributed by atoms with Gasteiger partial charge in [-0.05, 0) is 45.3 Å². The van der Waals surface area contributed by atoms with Gasteiger partial charge in [0.15, 0.2) is 0 Å². The van der Waals surface area contributed by atoms with E-state index in [-0.39, 0.29) is 5.91 Å². The van der Waals surface area contributed by atoms with Crippen LogP contribution in [0.4, 0.5) is 0 Å². The van der Waals surface area contributed by atoms with Crippen LogP contribution >= 0.6 is 27.5 Å². The van der Waals surface area contributed by atoms with Gasteiger partial charge in [0, 0.05) is 22.6 Å². The van der Waals surface area contributed by atoms with Crippen molar-refractivity contribution in [3.8, 4) is 0 Å². The fourth-order valence-corrected chi connectivity index (χ4v) is 2.47. The second-order valence-corrected chi connectivity index (χ2v) is 5.57. The van der Waals surface area contributed by atoms with Crippen molar-refractivity contribution in [2.75, 3.05) is 0 Å². The lowest BCUT2D eigenvalue weighted by Gasteiger charge is -2.10. The average molecular weight is 354 g/mol. The topological polar surface area (TPSA) is 55.1 Å². The van der Waals surface area contributed by atoms with E-state index in [0.29, 0.717) is 28.1 Å². The van der Waals surface area contributed by atoms with Crippen molar-refractivity contribution in [1.82, 2.24) is 5.32 Å². The first-order valence-corrected chi connectivity index (χ1v) is 7.29. The van der Waals surface area contributed by atoms with Crippen molar-refractivity contribution >= 4 is 33.4 Å². The molecule has 0 heterocycles. The molecule has 0 radical (unpaired) electrons. The molecule has 0 spiro atoms. The van der Waals surface area contributed by atoms with Crippen LogP contribution in [-0.4, -0.2) is 5.91 Å². The summed E-state index contributed by atoms with van der Waals surface area (Å²) in [5, 5.41) is 3.40. The van der Waals surface area contributed by atoms with E-state index in [9.17, 15) is 4.79 Å². The summed E-state index contributed by atoms with van der Waals surface area (Å²) in [5.41, 5.74) is 8.23. The van der Waals surface area contributed by atoms with Gasteiger partial charge in [0.1, 0.15) is 0 Å². The first-order chi connectivity index (χ1) is 9.61. The van der Waals surface area contributed by atoms with E-state index in [2.05, 4.69) is 21.2 Å². The fraction of sp³-hybridized carbons (Fsp3) is 0.133. The molecule has 0 unspecified atom stereocenters. The van der Waals surface area contributed by atoms with Crippen LogP contribution in [0.2, 0.25) is 5.02 Å². The van der Waals surface area contributed by atoms with Gasteiger partial charge in [0.2, 0.25) is 0 Å². The molecule has 0 aliphatic carbocycles. The van der Waals surface area contributed by atoms with Crippen molar-refractivity contribution in [1.29, 1.82) is 0 Å². The molecule has 20 heavy (non-hydrogen) atoms. The summed E-state index contributed by atoms with van der Waals surface area (Å²) in [4.78, 5) is 12.2. The number of nitrogens with one attached hydrogen (secondary N) is 1. The van der Waals surface area contributed by atoms with Gasteiger partial charge in [-0.2, -0.15) is 0 Å². The minimum atomic E-state index is -0.175. The summed E-state index contributed by atoms with van der Waals surface area (Å²) in [7, 11) is 0. The molecule has 3 N–H and O–H groups in total. The van der Waals surface area contributed by atoms with Crippen molar-refractivity contribution in [2.45, 2.75) is 13.1 Å². The summed E-state index contributed by atoms with van der Waals surface area (Å²) in [6, 6.07) is 12.9. The Morgan fingerprint density at radius 3 is 2.60 bits per heavy atom. The second-order valence-electron chi connectivity index (χ2n) is 4.28. The van der Waals surface area contributed by atoms with E-state index in [1.54, 1.807) is 18.2 Å². The molecule has 0 bridgehead atoms. The minimum Gasteiger partial charge on any atom is -0.348 e. The zero-order valence-corrected chi connectivity index (χ0v) is 13.0. The number of amides is 1. The van der Waals surface area contributed by atoms with E-state index in [0.717, 1.165) is 11.1 Å². The highest BCUT2D eigenvalue weighted by atomic mass is 79.9. The van der Waals surface area contributed by atoms with Gasteiger partial charge in [-0.25, -0.2) is 0 Å². The molecule has 0 atom stereocenters. The highest BCUT2D eigenvalue weighted by molar-refractivity contribution is 9.10. The molecule has 104 valence electrons. The second kappa shape index (κ2) is 6.88.